The molecule has 0 aliphatic heterocycles. The Balaban J connectivity index is 4.51. The maximum absolute atomic E-state index is 3.62. The van der Waals surface area contributed by atoms with E-state index < -0.39 is 0 Å². The van der Waals surface area contributed by atoms with Gasteiger partial charge in [-0.25, -0.2) is 0 Å². The van der Waals surface area contributed by atoms with Crippen LogP contribution in [0, 0.1) is 11.8 Å². The standard InChI is InChI=1S/C15H34N2/c1-8-15(16-9-2)14(7)17(10-12(3)4)11-13(5)6/h12-16H,8-11H2,1-7H3. The van der Waals surface area contributed by atoms with Crippen molar-refractivity contribution in [2.45, 2.75) is 67.0 Å². The van der Waals surface area contributed by atoms with Gasteiger partial charge in [-0.3, -0.25) is 4.90 Å². The third kappa shape index (κ3) is 7.05. The minimum Gasteiger partial charge on any atom is -0.313 e. The lowest BCUT2D eigenvalue weighted by Gasteiger charge is -2.37. The van der Waals surface area contributed by atoms with Crippen LogP contribution in [0.4, 0.5) is 0 Å². The van der Waals surface area contributed by atoms with Crippen molar-refractivity contribution in [2.24, 2.45) is 11.8 Å². The summed E-state index contributed by atoms with van der Waals surface area (Å²) in [6.45, 7) is 19.6. The monoisotopic (exact) mass is 242 g/mol. The third-order valence-electron chi connectivity index (χ3n) is 3.26. The summed E-state index contributed by atoms with van der Waals surface area (Å²) in [4.78, 5) is 2.66. The Morgan fingerprint density at radius 2 is 1.35 bits per heavy atom. The topological polar surface area (TPSA) is 15.3 Å². The first kappa shape index (κ1) is 16.9. The van der Waals surface area contributed by atoms with Crippen molar-refractivity contribution in [3.8, 4) is 0 Å². The predicted octanol–water partition coefficient (Wildman–Crippen LogP) is 3.38. The normalized spacial score (nSPS) is 15.9. The SMILES string of the molecule is CCNC(CC)C(C)N(CC(C)C)CC(C)C. The molecule has 0 heterocycles. The van der Waals surface area contributed by atoms with E-state index in [0.717, 1.165) is 18.4 Å². The van der Waals surface area contributed by atoms with Crippen molar-refractivity contribution in [3.05, 3.63) is 0 Å². The largest absolute Gasteiger partial charge is 0.313 e. The molecule has 0 rings (SSSR count). The lowest BCUT2D eigenvalue weighted by atomic mass is 10.0. The van der Waals surface area contributed by atoms with Crippen LogP contribution in [0.2, 0.25) is 0 Å². The number of likely N-dealkylation sites (N-methyl/N-ethyl adjacent to an activating group) is 1. The molecule has 2 atom stereocenters. The smallest absolute Gasteiger partial charge is 0.0221 e. The number of nitrogens with zero attached hydrogens (tertiary/aromatic N) is 1. The zero-order valence-corrected chi connectivity index (χ0v) is 13.1. The maximum atomic E-state index is 3.62. The lowest BCUT2D eigenvalue weighted by Crippen LogP contribution is -2.50. The first-order valence-electron chi connectivity index (χ1n) is 7.39. The maximum Gasteiger partial charge on any atom is 0.0221 e. The quantitative estimate of drug-likeness (QED) is 0.667. The number of hydrogen-bond acceptors (Lipinski definition) is 2. The highest BCUT2D eigenvalue weighted by molar-refractivity contribution is 4.81. The summed E-state index contributed by atoms with van der Waals surface area (Å²) in [7, 11) is 0. The van der Waals surface area contributed by atoms with Crippen molar-refractivity contribution < 1.29 is 0 Å². The zero-order valence-electron chi connectivity index (χ0n) is 13.1. The molecule has 0 fully saturated rings. The molecule has 0 aromatic carbocycles. The van der Waals surface area contributed by atoms with E-state index in [4.69, 9.17) is 0 Å². The van der Waals surface area contributed by atoms with Crippen LogP contribution in [0.3, 0.4) is 0 Å². The molecule has 1 N–H and O–H groups in total. The average molecular weight is 242 g/mol. The van der Waals surface area contributed by atoms with Crippen LogP contribution in [-0.4, -0.2) is 36.6 Å². The van der Waals surface area contributed by atoms with Gasteiger partial charge in [-0.15, -0.1) is 0 Å². The number of nitrogens with one attached hydrogen (secondary N) is 1. The minimum absolute atomic E-state index is 0.623. The summed E-state index contributed by atoms with van der Waals surface area (Å²) in [5, 5.41) is 3.62. The van der Waals surface area contributed by atoms with Crippen molar-refractivity contribution in [3.63, 3.8) is 0 Å². The number of hydrogen-bond donors (Lipinski definition) is 1. The molecule has 0 aromatic heterocycles. The van der Waals surface area contributed by atoms with Gasteiger partial charge in [-0.2, -0.15) is 0 Å². The van der Waals surface area contributed by atoms with E-state index in [1.807, 2.05) is 0 Å². The second-order valence-corrected chi connectivity index (χ2v) is 6.05. The molecule has 0 saturated carbocycles. The zero-order chi connectivity index (χ0) is 13.4. The minimum atomic E-state index is 0.623. The predicted molar refractivity (Wildman–Crippen MR) is 78.5 cm³/mol. The summed E-state index contributed by atoms with van der Waals surface area (Å²) in [6.07, 6.45) is 1.21. The van der Waals surface area contributed by atoms with E-state index in [-0.39, 0.29) is 0 Å². The van der Waals surface area contributed by atoms with E-state index in [2.05, 4.69) is 58.7 Å². The van der Waals surface area contributed by atoms with E-state index in [1.165, 1.54) is 19.5 Å². The third-order valence-corrected chi connectivity index (χ3v) is 3.26. The summed E-state index contributed by atoms with van der Waals surface area (Å²) >= 11 is 0. The molecule has 17 heavy (non-hydrogen) atoms. The molecule has 0 aromatic rings. The van der Waals surface area contributed by atoms with Gasteiger partial charge in [0, 0.05) is 25.2 Å². The average Bonchev–Trinajstić information content (AvgIpc) is 2.22. The Kier molecular flexibility index (Phi) is 8.89. The van der Waals surface area contributed by atoms with E-state index >= 15 is 0 Å². The Morgan fingerprint density at radius 3 is 1.65 bits per heavy atom. The molecule has 0 amide bonds. The Labute approximate surface area is 109 Å². The molecule has 2 heteroatoms. The van der Waals surface area contributed by atoms with Gasteiger partial charge in [-0.1, -0.05) is 41.5 Å². The van der Waals surface area contributed by atoms with Crippen molar-refractivity contribution in [2.75, 3.05) is 19.6 Å². The molecule has 0 spiro atoms. The van der Waals surface area contributed by atoms with Gasteiger partial charge in [0.25, 0.3) is 0 Å². The van der Waals surface area contributed by atoms with Crippen LogP contribution < -0.4 is 5.32 Å². The van der Waals surface area contributed by atoms with Crippen LogP contribution in [0.1, 0.15) is 54.9 Å². The van der Waals surface area contributed by atoms with Crippen molar-refractivity contribution in [1.82, 2.24) is 10.2 Å². The molecule has 0 saturated heterocycles. The first-order chi connectivity index (χ1) is 7.92. The summed E-state index contributed by atoms with van der Waals surface area (Å²) in [5.74, 6) is 1.49. The molecule has 0 radical (unpaired) electrons. The van der Waals surface area contributed by atoms with Gasteiger partial charge in [0.15, 0.2) is 0 Å². The Morgan fingerprint density at radius 1 is 0.882 bits per heavy atom. The highest BCUT2D eigenvalue weighted by atomic mass is 15.2. The van der Waals surface area contributed by atoms with Crippen molar-refractivity contribution >= 4 is 0 Å². The van der Waals surface area contributed by atoms with Gasteiger partial charge in [0.05, 0.1) is 0 Å². The fourth-order valence-electron chi connectivity index (χ4n) is 2.52. The van der Waals surface area contributed by atoms with Crippen LogP contribution in [0.15, 0.2) is 0 Å². The van der Waals surface area contributed by atoms with Crippen LogP contribution >= 0.6 is 0 Å². The van der Waals surface area contributed by atoms with Gasteiger partial charge in [0.1, 0.15) is 0 Å². The summed E-state index contributed by atoms with van der Waals surface area (Å²) in [5.41, 5.74) is 0. The molecule has 0 bridgehead atoms. The highest BCUT2D eigenvalue weighted by Crippen LogP contribution is 2.13. The first-order valence-corrected chi connectivity index (χ1v) is 7.39. The summed E-state index contributed by atoms with van der Waals surface area (Å²) in [6, 6.07) is 1.25. The Hall–Kier alpha value is -0.0800. The number of rotatable bonds is 9. The fourth-order valence-corrected chi connectivity index (χ4v) is 2.52. The van der Waals surface area contributed by atoms with Crippen molar-refractivity contribution in [1.29, 1.82) is 0 Å². The molecule has 2 unspecified atom stereocenters. The van der Waals surface area contributed by atoms with E-state index in [0.29, 0.717) is 12.1 Å². The molecule has 2 nitrogen and oxygen atoms in total. The van der Waals surface area contributed by atoms with Gasteiger partial charge in [0.2, 0.25) is 0 Å². The second kappa shape index (κ2) is 8.93. The fraction of sp³-hybridized carbons (Fsp3) is 1.00. The molecular weight excluding hydrogens is 208 g/mol. The molecular formula is C15H34N2. The van der Waals surface area contributed by atoms with E-state index in [1.54, 1.807) is 0 Å². The second-order valence-electron chi connectivity index (χ2n) is 6.05. The van der Waals surface area contributed by atoms with Gasteiger partial charge >= 0.3 is 0 Å². The van der Waals surface area contributed by atoms with Crippen LogP contribution in [0.25, 0.3) is 0 Å². The van der Waals surface area contributed by atoms with Crippen LogP contribution in [-0.2, 0) is 0 Å². The lowest BCUT2D eigenvalue weighted by molar-refractivity contribution is 0.134. The summed E-state index contributed by atoms with van der Waals surface area (Å²) < 4.78 is 0. The van der Waals surface area contributed by atoms with Gasteiger partial charge in [-0.05, 0) is 31.7 Å². The Bertz CT molecular complexity index is 168. The van der Waals surface area contributed by atoms with Crippen LogP contribution in [0.5, 0.6) is 0 Å². The molecule has 0 aliphatic carbocycles. The van der Waals surface area contributed by atoms with E-state index in [9.17, 15) is 0 Å². The molecule has 104 valence electrons. The van der Waals surface area contributed by atoms with Gasteiger partial charge < -0.3 is 5.32 Å². The molecule has 0 aliphatic rings. The highest BCUT2D eigenvalue weighted by Gasteiger charge is 2.22.